The normalized spacial score (nSPS) is 21.5. The van der Waals surface area contributed by atoms with E-state index in [1.165, 1.54) is 12.8 Å². The Balaban J connectivity index is 1.65. The zero-order valence-corrected chi connectivity index (χ0v) is 9.24. The quantitative estimate of drug-likeness (QED) is 0.575. The summed E-state index contributed by atoms with van der Waals surface area (Å²) in [5, 5.41) is 14.7. The Labute approximate surface area is 94.6 Å². The number of amides is 1. The molecule has 1 amide bonds. The zero-order chi connectivity index (χ0) is 11.5. The molecule has 2 aliphatic carbocycles. The molecule has 0 aromatic carbocycles. The average molecular weight is 226 g/mol. The summed E-state index contributed by atoms with van der Waals surface area (Å²) in [6.07, 6.45) is 4.59. The Hall–Kier alpha value is -1.10. The highest BCUT2D eigenvalue weighted by molar-refractivity contribution is 5.84. The maximum absolute atomic E-state index is 11.5. The summed E-state index contributed by atoms with van der Waals surface area (Å²) in [6, 6.07) is -0.0834. The molecular weight excluding hydrogens is 208 g/mol. The minimum Gasteiger partial charge on any atom is -0.480 e. The molecule has 2 saturated carbocycles. The van der Waals surface area contributed by atoms with Crippen molar-refractivity contribution in [2.75, 3.05) is 6.54 Å². The predicted octanol–water partition coefficient (Wildman–Crippen LogP) is 0.108. The van der Waals surface area contributed by atoms with Crippen molar-refractivity contribution in [2.24, 2.45) is 5.92 Å². The summed E-state index contributed by atoms with van der Waals surface area (Å²) in [6.45, 7) is 0.646. The van der Waals surface area contributed by atoms with Gasteiger partial charge in [-0.15, -0.1) is 0 Å². The monoisotopic (exact) mass is 226 g/mol. The van der Waals surface area contributed by atoms with Gasteiger partial charge in [-0.1, -0.05) is 0 Å². The maximum atomic E-state index is 11.5. The fraction of sp³-hybridized carbons (Fsp3) is 0.818. The Morgan fingerprint density at radius 1 is 1.25 bits per heavy atom. The number of carboxylic acid groups (broad SMARTS) is 1. The van der Waals surface area contributed by atoms with Crippen molar-refractivity contribution >= 4 is 11.9 Å². The van der Waals surface area contributed by atoms with Crippen molar-refractivity contribution in [3.05, 3.63) is 0 Å². The molecular formula is C11H18N2O3. The zero-order valence-electron chi connectivity index (χ0n) is 9.24. The molecule has 0 aliphatic heterocycles. The fourth-order valence-electron chi connectivity index (χ4n) is 1.73. The van der Waals surface area contributed by atoms with Gasteiger partial charge >= 0.3 is 5.97 Å². The lowest BCUT2D eigenvalue weighted by Gasteiger charge is -2.13. The van der Waals surface area contributed by atoms with E-state index in [0.717, 1.165) is 12.8 Å². The van der Waals surface area contributed by atoms with Crippen LogP contribution in [0.15, 0.2) is 0 Å². The van der Waals surface area contributed by atoms with Gasteiger partial charge in [-0.3, -0.25) is 4.79 Å². The van der Waals surface area contributed by atoms with Gasteiger partial charge in [-0.05, 0) is 31.6 Å². The maximum Gasteiger partial charge on any atom is 0.326 e. The van der Waals surface area contributed by atoms with Gasteiger partial charge in [0.25, 0.3) is 0 Å². The number of carboxylic acids is 1. The third-order valence-corrected chi connectivity index (χ3v) is 3.04. The number of carbonyl (C=O) groups is 2. The minimum atomic E-state index is -0.911. The summed E-state index contributed by atoms with van der Waals surface area (Å²) >= 11 is 0. The molecule has 0 aromatic rings. The molecule has 90 valence electrons. The van der Waals surface area contributed by atoms with Gasteiger partial charge in [-0.25, -0.2) is 4.79 Å². The van der Waals surface area contributed by atoms with Gasteiger partial charge in [0.2, 0.25) is 5.91 Å². The fourth-order valence-corrected chi connectivity index (χ4v) is 1.73. The van der Waals surface area contributed by atoms with Gasteiger partial charge in [0.15, 0.2) is 0 Å². The first-order chi connectivity index (χ1) is 7.66. The second-order valence-corrected chi connectivity index (χ2v) is 4.70. The molecule has 1 unspecified atom stereocenters. The van der Waals surface area contributed by atoms with E-state index < -0.39 is 12.0 Å². The van der Waals surface area contributed by atoms with Crippen LogP contribution < -0.4 is 10.6 Å². The minimum absolute atomic E-state index is 0.151. The summed E-state index contributed by atoms with van der Waals surface area (Å²) in [5.74, 6) is -0.920. The van der Waals surface area contributed by atoms with Crippen molar-refractivity contribution in [3.8, 4) is 0 Å². The summed E-state index contributed by atoms with van der Waals surface area (Å²) in [7, 11) is 0. The molecule has 3 N–H and O–H groups in total. The number of carbonyl (C=O) groups excluding carboxylic acids is 1. The summed E-state index contributed by atoms with van der Waals surface area (Å²) < 4.78 is 0. The van der Waals surface area contributed by atoms with Crippen LogP contribution in [0.3, 0.4) is 0 Å². The molecule has 1 atom stereocenters. The van der Waals surface area contributed by atoms with Crippen molar-refractivity contribution in [3.63, 3.8) is 0 Å². The number of hydrogen-bond donors (Lipinski definition) is 3. The summed E-state index contributed by atoms with van der Waals surface area (Å²) in [4.78, 5) is 22.4. The lowest BCUT2D eigenvalue weighted by Crippen LogP contribution is -2.43. The van der Waals surface area contributed by atoms with Gasteiger partial charge < -0.3 is 15.7 Å². The van der Waals surface area contributed by atoms with E-state index in [-0.39, 0.29) is 11.8 Å². The van der Waals surface area contributed by atoms with E-state index in [1.54, 1.807) is 0 Å². The summed E-state index contributed by atoms with van der Waals surface area (Å²) in [5.41, 5.74) is 0. The van der Waals surface area contributed by atoms with Crippen LogP contribution in [0, 0.1) is 5.92 Å². The smallest absolute Gasteiger partial charge is 0.326 e. The SMILES string of the molecule is O=C(CCNC1CC1)NC(C(=O)O)C1CC1. The van der Waals surface area contributed by atoms with E-state index in [0.29, 0.717) is 19.0 Å². The van der Waals surface area contributed by atoms with Gasteiger partial charge in [0, 0.05) is 19.0 Å². The third-order valence-electron chi connectivity index (χ3n) is 3.04. The van der Waals surface area contributed by atoms with Crippen molar-refractivity contribution in [1.82, 2.24) is 10.6 Å². The van der Waals surface area contributed by atoms with E-state index in [2.05, 4.69) is 10.6 Å². The van der Waals surface area contributed by atoms with E-state index >= 15 is 0 Å². The Morgan fingerprint density at radius 2 is 1.94 bits per heavy atom. The number of rotatable bonds is 7. The highest BCUT2D eigenvalue weighted by Gasteiger charge is 2.37. The van der Waals surface area contributed by atoms with Crippen LogP contribution in [0.1, 0.15) is 32.1 Å². The molecule has 0 spiro atoms. The first-order valence-electron chi connectivity index (χ1n) is 5.92. The van der Waals surface area contributed by atoms with Crippen LogP contribution in [0.4, 0.5) is 0 Å². The molecule has 0 saturated heterocycles. The van der Waals surface area contributed by atoms with E-state index in [4.69, 9.17) is 5.11 Å². The molecule has 5 nitrogen and oxygen atoms in total. The predicted molar refractivity (Wildman–Crippen MR) is 57.9 cm³/mol. The molecule has 2 fully saturated rings. The Morgan fingerprint density at radius 3 is 2.44 bits per heavy atom. The van der Waals surface area contributed by atoms with Crippen LogP contribution in [0.2, 0.25) is 0 Å². The largest absolute Gasteiger partial charge is 0.480 e. The molecule has 2 rings (SSSR count). The van der Waals surface area contributed by atoms with Gasteiger partial charge in [0.1, 0.15) is 6.04 Å². The molecule has 0 radical (unpaired) electrons. The van der Waals surface area contributed by atoms with Crippen LogP contribution in [-0.4, -0.2) is 35.6 Å². The number of hydrogen-bond acceptors (Lipinski definition) is 3. The van der Waals surface area contributed by atoms with Crippen LogP contribution in [0.5, 0.6) is 0 Å². The molecule has 2 aliphatic rings. The molecule has 0 bridgehead atoms. The van der Waals surface area contributed by atoms with E-state index in [1.807, 2.05) is 0 Å². The third kappa shape index (κ3) is 3.48. The number of nitrogens with one attached hydrogen (secondary N) is 2. The first-order valence-corrected chi connectivity index (χ1v) is 5.92. The van der Waals surface area contributed by atoms with Crippen molar-refractivity contribution in [1.29, 1.82) is 0 Å². The highest BCUT2D eigenvalue weighted by Crippen LogP contribution is 2.32. The molecule has 16 heavy (non-hydrogen) atoms. The molecule has 5 heteroatoms. The molecule has 0 heterocycles. The second-order valence-electron chi connectivity index (χ2n) is 4.70. The van der Waals surface area contributed by atoms with E-state index in [9.17, 15) is 9.59 Å². The molecule has 0 aromatic heterocycles. The van der Waals surface area contributed by atoms with Gasteiger partial charge in [-0.2, -0.15) is 0 Å². The van der Waals surface area contributed by atoms with Crippen LogP contribution in [-0.2, 0) is 9.59 Å². The van der Waals surface area contributed by atoms with Crippen molar-refractivity contribution in [2.45, 2.75) is 44.2 Å². The topological polar surface area (TPSA) is 78.4 Å². The van der Waals surface area contributed by atoms with Crippen molar-refractivity contribution < 1.29 is 14.7 Å². The van der Waals surface area contributed by atoms with Gasteiger partial charge in [0.05, 0.1) is 0 Å². The average Bonchev–Trinajstić information content (AvgIpc) is 3.06. The first kappa shape index (κ1) is 11.4. The lowest BCUT2D eigenvalue weighted by molar-refractivity contribution is -0.142. The highest BCUT2D eigenvalue weighted by atomic mass is 16.4. The van der Waals surface area contributed by atoms with Crippen LogP contribution in [0.25, 0.3) is 0 Å². The Bertz CT molecular complexity index is 285. The van der Waals surface area contributed by atoms with Crippen LogP contribution >= 0.6 is 0 Å². The lowest BCUT2D eigenvalue weighted by atomic mass is 10.2. The Kier molecular flexibility index (Phi) is 3.43. The standard InChI is InChI=1S/C11H18N2O3/c14-9(5-6-12-8-3-4-8)13-10(11(15)16)7-1-2-7/h7-8,10,12H,1-6H2,(H,13,14)(H,15,16). The number of aliphatic carboxylic acids is 1. The second kappa shape index (κ2) is 4.82.